The van der Waals surface area contributed by atoms with E-state index in [0.29, 0.717) is 31.0 Å². The van der Waals surface area contributed by atoms with Crippen molar-refractivity contribution in [3.63, 3.8) is 0 Å². The van der Waals surface area contributed by atoms with Crippen molar-refractivity contribution in [2.45, 2.75) is 12.6 Å². The van der Waals surface area contributed by atoms with Crippen molar-refractivity contribution in [1.29, 1.82) is 0 Å². The van der Waals surface area contributed by atoms with Gasteiger partial charge in [-0.25, -0.2) is 4.39 Å². The van der Waals surface area contributed by atoms with Crippen LogP contribution in [0.5, 0.6) is 5.75 Å². The summed E-state index contributed by atoms with van der Waals surface area (Å²) in [5, 5.41) is 0. The highest BCUT2D eigenvalue weighted by atomic mass is 19.1. The van der Waals surface area contributed by atoms with Crippen molar-refractivity contribution in [2.24, 2.45) is 5.73 Å². The fraction of sp³-hybridized carbons (Fsp3) is 0.538. The van der Waals surface area contributed by atoms with Gasteiger partial charge in [0, 0.05) is 37.8 Å². The van der Waals surface area contributed by atoms with Crippen LogP contribution < -0.4 is 10.5 Å². The van der Waals surface area contributed by atoms with E-state index in [4.69, 9.17) is 15.2 Å². The Balaban J connectivity index is 2.00. The second-order valence-corrected chi connectivity index (χ2v) is 4.42. The molecule has 0 saturated carbocycles. The zero-order chi connectivity index (χ0) is 13.0. The van der Waals surface area contributed by atoms with E-state index in [9.17, 15) is 4.39 Å². The molecule has 2 rings (SSSR count). The number of methoxy groups -OCH3 is 1. The molecule has 1 heterocycles. The standard InChI is InChI=1S/C13H19FN2O2/c1-17-11-3-2-10(13(14)6-11)8-16-4-5-18-12(7-15)9-16/h2-3,6,12H,4-5,7-9,15H2,1H3. The topological polar surface area (TPSA) is 47.7 Å². The third-order valence-corrected chi connectivity index (χ3v) is 3.14. The molecule has 1 fully saturated rings. The minimum Gasteiger partial charge on any atom is -0.497 e. The van der Waals surface area contributed by atoms with Crippen LogP contribution in [0.25, 0.3) is 0 Å². The van der Waals surface area contributed by atoms with Gasteiger partial charge >= 0.3 is 0 Å². The Morgan fingerprint density at radius 1 is 1.56 bits per heavy atom. The molecule has 18 heavy (non-hydrogen) atoms. The maximum atomic E-state index is 13.8. The van der Waals surface area contributed by atoms with Gasteiger partial charge in [-0.15, -0.1) is 0 Å². The van der Waals surface area contributed by atoms with Gasteiger partial charge in [-0.3, -0.25) is 4.90 Å². The molecular weight excluding hydrogens is 235 g/mol. The number of nitrogens with two attached hydrogens (primary N) is 1. The van der Waals surface area contributed by atoms with Crippen molar-refractivity contribution in [3.05, 3.63) is 29.6 Å². The van der Waals surface area contributed by atoms with Crippen LogP contribution in [0.1, 0.15) is 5.56 Å². The summed E-state index contributed by atoms with van der Waals surface area (Å²) in [6, 6.07) is 4.95. The van der Waals surface area contributed by atoms with Crippen molar-refractivity contribution in [3.8, 4) is 5.75 Å². The third-order valence-electron chi connectivity index (χ3n) is 3.14. The lowest BCUT2D eigenvalue weighted by Crippen LogP contribution is -2.45. The Kier molecular flexibility index (Phi) is 4.52. The smallest absolute Gasteiger partial charge is 0.131 e. The number of rotatable bonds is 4. The van der Waals surface area contributed by atoms with E-state index in [0.717, 1.165) is 13.1 Å². The molecule has 0 radical (unpaired) electrons. The maximum Gasteiger partial charge on any atom is 0.131 e. The summed E-state index contributed by atoms with van der Waals surface area (Å²) in [4.78, 5) is 2.16. The quantitative estimate of drug-likeness (QED) is 0.870. The van der Waals surface area contributed by atoms with Crippen LogP contribution in [0, 0.1) is 5.82 Å². The van der Waals surface area contributed by atoms with E-state index < -0.39 is 0 Å². The molecule has 1 aromatic carbocycles. The summed E-state index contributed by atoms with van der Waals surface area (Å²) in [5.41, 5.74) is 6.26. The van der Waals surface area contributed by atoms with Crippen LogP contribution in [0.2, 0.25) is 0 Å². The van der Waals surface area contributed by atoms with Crippen molar-refractivity contribution >= 4 is 0 Å². The van der Waals surface area contributed by atoms with Crippen molar-refractivity contribution in [1.82, 2.24) is 4.90 Å². The van der Waals surface area contributed by atoms with Gasteiger partial charge in [-0.05, 0) is 6.07 Å². The number of nitrogens with zero attached hydrogens (tertiary/aromatic N) is 1. The first-order chi connectivity index (χ1) is 8.72. The zero-order valence-electron chi connectivity index (χ0n) is 10.6. The summed E-state index contributed by atoms with van der Waals surface area (Å²) in [7, 11) is 1.53. The number of morpholine rings is 1. The van der Waals surface area contributed by atoms with E-state index >= 15 is 0 Å². The fourth-order valence-electron chi connectivity index (χ4n) is 2.09. The first kappa shape index (κ1) is 13.3. The molecule has 1 aliphatic rings. The second-order valence-electron chi connectivity index (χ2n) is 4.42. The number of hydrogen-bond acceptors (Lipinski definition) is 4. The Bertz CT molecular complexity index is 401. The van der Waals surface area contributed by atoms with Gasteiger partial charge < -0.3 is 15.2 Å². The third kappa shape index (κ3) is 3.19. The van der Waals surface area contributed by atoms with Gasteiger partial charge in [0.1, 0.15) is 11.6 Å². The first-order valence-electron chi connectivity index (χ1n) is 6.09. The average molecular weight is 254 g/mol. The number of benzene rings is 1. The molecule has 100 valence electrons. The van der Waals surface area contributed by atoms with Crippen LogP contribution in [-0.2, 0) is 11.3 Å². The molecule has 1 aromatic rings. The van der Waals surface area contributed by atoms with Gasteiger partial charge in [0.2, 0.25) is 0 Å². The second kappa shape index (κ2) is 6.13. The van der Waals surface area contributed by atoms with Crippen LogP contribution in [0.4, 0.5) is 4.39 Å². The highest BCUT2D eigenvalue weighted by Crippen LogP contribution is 2.18. The van der Waals surface area contributed by atoms with E-state index in [1.165, 1.54) is 13.2 Å². The Morgan fingerprint density at radius 3 is 3.06 bits per heavy atom. The van der Waals surface area contributed by atoms with Crippen LogP contribution in [-0.4, -0.2) is 44.4 Å². The molecule has 1 saturated heterocycles. The van der Waals surface area contributed by atoms with Crippen LogP contribution >= 0.6 is 0 Å². The molecule has 5 heteroatoms. The maximum absolute atomic E-state index is 13.8. The van der Waals surface area contributed by atoms with Crippen LogP contribution in [0.3, 0.4) is 0 Å². The number of ether oxygens (including phenoxy) is 2. The Morgan fingerprint density at radius 2 is 2.39 bits per heavy atom. The molecule has 0 bridgehead atoms. The average Bonchev–Trinajstić information content (AvgIpc) is 2.41. The zero-order valence-corrected chi connectivity index (χ0v) is 10.6. The predicted molar refractivity (Wildman–Crippen MR) is 67.0 cm³/mol. The Hall–Kier alpha value is -1.17. The monoisotopic (exact) mass is 254 g/mol. The molecule has 1 unspecified atom stereocenters. The molecule has 0 amide bonds. The first-order valence-corrected chi connectivity index (χ1v) is 6.09. The normalized spacial score (nSPS) is 20.9. The lowest BCUT2D eigenvalue weighted by Gasteiger charge is -2.32. The van der Waals surface area contributed by atoms with Gasteiger partial charge in [0.15, 0.2) is 0 Å². The fourth-order valence-corrected chi connectivity index (χ4v) is 2.09. The van der Waals surface area contributed by atoms with E-state index in [1.807, 2.05) is 0 Å². The molecule has 0 aromatic heterocycles. The lowest BCUT2D eigenvalue weighted by molar-refractivity contribution is -0.0263. The highest BCUT2D eigenvalue weighted by Gasteiger charge is 2.20. The van der Waals surface area contributed by atoms with Gasteiger partial charge in [-0.1, -0.05) is 6.07 Å². The van der Waals surface area contributed by atoms with Gasteiger partial charge in [0.05, 0.1) is 19.8 Å². The molecule has 1 aliphatic heterocycles. The van der Waals surface area contributed by atoms with E-state index in [-0.39, 0.29) is 11.9 Å². The highest BCUT2D eigenvalue weighted by molar-refractivity contribution is 5.28. The summed E-state index contributed by atoms with van der Waals surface area (Å²) in [5.74, 6) is 0.309. The largest absolute Gasteiger partial charge is 0.497 e. The molecule has 4 nitrogen and oxygen atoms in total. The Labute approximate surface area is 106 Å². The molecule has 1 atom stereocenters. The van der Waals surface area contributed by atoms with Gasteiger partial charge in [-0.2, -0.15) is 0 Å². The van der Waals surface area contributed by atoms with E-state index in [1.54, 1.807) is 12.1 Å². The molecule has 2 N–H and O–H groups in total. The lowest BCUT2D eigenvalue weighted by atomic mass is 10.1. The van der Waals surface area contributed by atoms with Gasteiger partial charge in [0.25, 0.3) is 0 Å². The number of halogens is 1. The molecule has 0 aliphatic carbocycles. The molecule has 0 spiro atoms. The van der Waals surface area contributed by atoms with Crippen molar-refractivity contribution < 1.29 is 13.9 Å². The minimum atomic E-state index is -0.231. The summed E-state index contributed by atoms with van der Waals surface area (Å²) in [6.07, 6.45) is 0.0556. The number of hydrogen-bond donors (Lipinski definition) is 1. The minimum absolute atomic E-state index is 0.0556. The SMILES string of the molecule is COc1ccc(CN2CCOC(CN)C2)c(F)c1. The summed E-state index contributed by atoms with van der Waals surface area (Å²) in [6.45, 7) is 3.29. The van der Waals surface area contributed by atoms with Crippen LogP contribution in [0.15, 0.2) is 18.2 Å². The summed E-state index contributed by atoms with van der Waals surface area (Å²) >= 11 is 0. The molecular formula is C13H19FN2O2. The van der Waals surface area contributed by atoms with E-state index in [2.05, 4.69) is 4.90 Å². The predicted octanol–water partition coefficient (Wildman–Crippen LogP) is 0.994. The van der Waals surface area contributed by atoms with Crippen molar-refractivity contribution in [2.75, 3.05) is 33.4 Å². The summed E-state index contributed by atoms with van der Waals surface area (Å²) < 4.78 is 24.3.